The molecule has 104 valence electrons. The highest BCUT2D eigenvalue weighted by molar-refractivity contribution is 5.70. The zero-order chi connectivity index (χ0) is 14.3. The van der Waals surface area contributed by atoms with Gasteiger partial charge in [0.1, 0.15) is 5.60 Å². The monoisotopic (exact) mass is 262 g/mol. The van der Waals surface area contributed by atoms with E-state index < -0.39 is 5.60 Å². The average Bonchev–Trinajstić information content (AvgIpc) is 3.00. The van der Waals surface area contributed by atoms with Gasteiger partial charge in [0.15, 0.2) is 0 Å². The molecule has 0 heterocycles. The van der Waals surface area contributed by atoms with E-state index in [-0.39, 0.29) is 11.6 Å². The van der Waals surface area contributed by atoms with Crippen LogP contribution in [0.5, 0.6) is 0 Å². The smallest absolute Gasteiger partial charge is 0.408 e. The standard InChI is InChI=1S/C15H22N2O2/c1-10-5-6-11(9-12(10)16)15(7-8-15)17-13(18)19-14(2,3)4/h5-6,9H,7-8,16H2,1-4H3,(H,17,18). The van der Waals surface area contributed by atoms with Crippen molar-refractivity contribution in [1.29, 1.82) is 0 Å². The summed E-state index contributed by atoms with van der Waals surface area (Å²) in [4.78, 5) is 11.9. The molecule has 4 nitrogen and oxygen atoms in total. The topological polar surface area (TPSA) is 64.3 Å². The Morgan fingerprint density at radius 1 is 1.37 bits per heavy atom. The summed E-state index contributed by atoms with van der Waals surface area (Å²) in [7, 11) is 0. The molecule has 1 aliphatic carbocycles. The molecule has 0 atom stereocenters. The summed E-state index contributed by atoms with van der Waals surface area (Å²) in [5.41, 5.74) is 8.04. The van der Waals surface area contributed by atoms with Crippen LogP contribution in [0.1, 0.15) is 44.7 Å². The highest BCUT2D eigenvalue weighted by Gasteiger charge is 2.46. The molecule has 1 amide bonds. The number of nitrogen functional groups attached to an aromatic ring is 1. The fourth-order valence-corrected chi connectivity index (χ4v) is 2.05. The number of hydrogen-bond donors (Lipinski definition) is 2. The van der Waals surface area contributed by atoms with Crippen molar-refractivity contribution in [3.63, 3.8) is 0 Å². The van der Waals surface area contributed by atoms with E-state index in [1.807, 2.05) is 45.9 Å². The molecule has 0 saturated heterocycles. The van der Waals surface area contributed by atoms with Crippen LogP contribution in [0.15, 0.2) is 18.2 Å². The maximum Gasteiger partial charge on any atom is 0.408 e. The average molecular weight is 262 g/mol. The third-order valence-electron chi connectivity index (χ3n) is 3.32. The van der Waals surface area contributed by atoms with Gasteiger partial charge in [0.05, 0.1) is 5.54 Å². The fourth-order valence-electron chi connectivity index (χ4n) is 2.05. The number of carbonyl (C=O) groups is 1. The number of hydrogen-bond acceptors (Lipinski definition) is 3. The van der Waals surface area contributed by atoms with E-state index in [1.165, 1.54) is 0 Å². The highest BCUT2D eigenvalue weighted by atomic mass is 16.6. The maximum absolute atomic E-state index is 11.9. The molecular weight excluding hydrogens is 240 g/mol. The van der Waals surface area contributed by atoms with E-state index in [1.54, 1.807) is 0 Å². The van der Waals surface area contributed by atoms with Crippen LogP contribution in [-0.2, 0) is 10.3 Å². The van der Waals surface area contributed by atoms with Gasteiger partial charge in [-0.25, -0.2) is 4.79 Å². The van der Waals surface area contributed by atoms with E-state index >= 15 is 0 Å². The molecule has 0 spiro atoms. The number of carbonyl (C=O) groups excluding carboxylic acids is 1. The number of rotatable bonds is 2. The number of aryl methyl sites for hydroxylation is 1. The number of alkyl carbamates (subject to hydrolysis) is 1. The van der Waals surface area contributed by atoms with Crippen molar-refractivity contribution in [2.75, 3.05) is 5.73 Å². The largest absolute Gasteiger partial charge is 0.444 e. The summed E-state index contributed by atoms with van der Waals surface area (Å²) in [6.07, 6.45) is 1.48. The first-order valence-electron chi connectivity index (χ1n) is 6.60. The van der Waals surface area contributed by atoms with Gasteiger partial charge in [0.25, 0.3) is 0 Å². The van der Waals surface area contributed by atoms with Crippen LogP contribution < -0.4 is 11.1 Å². The van der Waals surface area contributed by atoms with Gasteiger partial charge in [-0.2, -0.15) is 0 Å². The molecule has 1 aromatic carbocycles. The highest BCUT2D eigenvalue weighted by Crippen LogP contribution is 2.46. The molecule has 0 bridgehead atoms. The number of benzene rings is 1. The third kappa shape index (κ3) is 3.19. The van der Waals surface area contributed by atoms with Gasteiger partial charge in [0.2, 0.25) is 0 Å². The van der Waals surface area contributed by atoms with Crippen molar-refractivity contribution in [2.24, 2.45) is 0 Å². The zero-order valence-corrected chi connectivity index (χ0v) is 12.0. The van der Waals surface area contributed by atoms with Gasteiger partial charge in [-0.15, -0.1) is 0 Å². The van der Waals surface area contributed by atoms with Gasteiger partial charge in [-0.1, -0.05) is 12.1 Å². The van der Waals surface area contributed by atoms with Crippen molar-refractivity contribution >= 4 is 11.8 Å². The lowest BCUT2D eigenvalue weighted by atomic mass is 10.0. The van der Waals surface area contributed by atoms with Gasteiger partial charge in [-0.3, -0.25) is 0 Å². The van der Waals surface area contributed by atoms with Crippen molar-refractivity contribution in [2.45, 2.75) is 51.7 Å². The first-order valence-corrected chi connectivity index (χ1v) is 6.60. The second-order valence-electron chi connectivity index (χ2n) is 6.28. The first-order chi connectivity index (χ1) is 8.72. The minimum atomic E-state index is -0.480. The third-order valence-corrected chi connectivity index (χ3v) is 3.32. The Hall–Kier alpha value is -1.71. The number of nitrogens with two attached hydrogens (primary N) is 1. The zero-order valence-electron chi connectivity index (χ0n) is 12.0. The Bertz CT molecular complexity index is 499. The van der Waals surface area contributed by atoms with E-state index in [0.717, 1.165) is 29.7 Å². The molecule has 1 aromatic rings. The molecule has 19 heavy (non-hydrogen) atoms. The number of ether oxygens (including phenoxy) is 1. The van der Waals surface area contributed by atoms with Crippen LogP contribution in [-0.4, -0.2) is 11.7 Å². The summed E-state index contributed by atoms with van der Waals surface area (Å²) in [6.45, 7) is 7.54. The molecule has 1 fully saturated rings. The van der Waals surface area contributed by atoms with Gasteiger partial charge in [0, 0.05) is 5.69 Å². The quantitative estimate of drug-likeness (QED) is 0.805. The van der Waals surface area contributed by atoms with Crippen LogP contribution in [0, 0.1) is 6.92 Å². The van der Waals surface area contributed by atoms with Crippen molar-refractivity contribution in [1.82, 2.24) is 5.32 Å². The van der Waals surface area contributed by atoms with Crippen LogP contribution >= 0.6 is 0 Å². The molecule has 0 radical (unpaired) electrons. The van der Waals surface area contributed by atoms with Crippen LogP contribution in [0.2, 0.25) is 0 Å². The molecule has 0 unspecified atom stereocenters. The molecule has 0 aliphatic heterocycles. The molecule has 1 saturated carbocycles. The summed E-state index contributed by atoms with van der Waals surface area (Å²) in [5, 5.41) is 2.97. The summed E-state index contributed by atoms with van der Waals surface area (Å²) >= 11 is 0. The van der Waals surface area contributed by atoms with Crippen LogP contribution in [0.25, 0.3) is 0 Å². The number of nitrogens with one attached hydrogen (secondary N) is 1. The van der Waals surface area contributed by atoms with Gasteiger partial charge >= 0.3 is 6.09 Å². The van der Waals surface area contributed by atoms with Crippen LogP contribution in [0.3, 0.4) is 0 Å². The van der Waals surface area contributed by atoms with Crippen molar-refractivity contribution in [3.05, 3.63) is 29.3 Å². The molecule has 3 N–H and O–H groups in total. The molecule has 2 rings (SSSR count). The normalized spacial score (nSPS) is 16.8. The van der Waals surface area contributed by atoms with Crippen molar-refractivity contribution < 1.29 is 9.53 Å². The summed E-state index contributed by atoms with van der Waals surface area (Å²) < 4.78 is 5.31. The minimum absolute atomic E-state index is 0.288. The van der Waals surface area contributed by atoms with E-state index in [4.69, 9.17) is 10.5 Å². The first kappa shape index (κ1) is 13.7. The Morgan fingerprint density at radius 3 is 2.47 bits per heavy atom. The van der Waals surface area contributed by atoms with Crippen molar-refractivity contribution in [3.8, 4) is 0 Å². The second-order valence-corrected chi connectivity index (χ2v) is 6.28. The predicted octanol–water partition coefficient (Wildman–Crippen LogP) is 3.09. The molecule has 0 aromatic heterocycles. The lowest BCUT2D eigenvalue weighted by Crippen LogP contribution is -2.39. The lowest BCUT2D eigenvalue weighted by molar-refractivity contribution is 0.0495. The van der Waals surface area contributed by atoms with E-state index in [9.17, 15) is 4.79 Å². The van der Waals surface area contributed by atoms with E-state index in [2.05, 4.69) is 5.32 Å². The predicted molar refractivity (Wildman–Crippen MR) is 75.9 cm³/mol. The summed E-state index contributed by atoms with van der Waals surface area (Å²) in [5.74, 6) is 0. The van der Waals surface area contributed by atoms with Gasteiger partial charge in [-0.05, 0) is 57.7 Å². The minimum Gasteiger partial charge on any atom is -0.444 e. The second kappa shape index (κ2) is 4.44. The number of anilines is 1. The Kier molecular flexibility index (Phi) is 3.20. The lowest BCUT2D eigenvalue weighted by Gasteiger charge is -2.24. The summed E-state index contributed by atoms with van der Waals surface area (Å²) in [6, 6.07) is 5.96. The Morgan fingerprint density at radius 2 is 2.00 bits per heavy atom. The molecule has 4 heteroatoms. The maximum atomic E-state index is 11.9. The van der Waals surface area contributed by atoms with Crippen LogP contribution in [0.4, 0.5) is 10.5 Å². The van der Waals surface area contributed by atoms with E-state index in [0.29, 0.717) is 0 Å². The molecule has 1 aliphatic rings. The Labute approximate surface area is 114 Å². The fraction of sp³-hybridized carbons (Fsp3) is 0.533. The molecular formula is C15H22N2O2. The van der Waals surface area contributed by atoms with Gasteiger partial charge < -0.3 is 15.8 Å². The number of amides is 1. The Balaban J connectivity index is 2.11. The SMILES string of the molecule is Cc1ccc(C2(NC(=O)OC(C)(C)C)CC2)cc1N.